The number of ether oxygens (including phenoxy) is 1. The van der Waals surface area contributed by atoms with Crippen molar-refractivity contribution in [2.24, 2.45) is 0 Å². The molecule has 4 rings (SSSR count). The highest BCUT2D eigenvalue weighted by Gasteiger charge is 2.26. The molecule has 1 aliphatic heterocycles. The van der Waals surface area contributed by atoms with Crippen molar-refractivity contribution >= 4 is 11.0 Å². The van der Waals surface area contributed by atoms with Crippen LogP contribution >= 0.6 is 0 Å². The van der Waals surface area contributed by atoms with Gasteiger partial charge in [0.15, 0.2) is 0 Å². The van der Waals surface area contributed by atoms with Crippen molar-refractivity contribution in [1.29, 1.82) is 0 Å². The van der Waals surface area contributed by atoms with Crippen molar-refractivity contribution in [2.75, 3.05) is 6.73 Å². The summed E-state index contributed by atoms with van der Waals surface area (Å²) < 4.78 is 25.4. The molecule has 0 fully saturated rings. The Morgan fingerprint density at radius 2 is 1.88 bits per heavy atom. The van der Waals surface area contributed by atoms with E-state index in [1.807, 2.05) is 32.0 Å². The topological polar surface area (TPSA) is 43.9 Å². The maximum atomic E-state index is 14.0. The van der Waals surface area contributed by atoms with Crippen LogP contribution < -0.4 is 15.3 Å². The van der Waals surface area contributed by atoms with Gasteiger partial charge in [0.1, 0.15) is 30.2 Å². The molecule has 1 unspecified atom stereocenters. The summed E-state index contributed by atoms with van der Waals surface area (Å²) in [5, 5.41) is 0.939. The summed E-state index contributed by atoms with van der Waals surface area (Å²) in [6.45, 7) is 7.38. The standard InChI is InChI=1S/C21H20FNO3/c1-12-13(2)21(24)26-20-14(3)19-16(8-17(12)20)10-23(11-25-19)9-15-6-4-5-7-18(15)22/h4-8H,9-11H2,1-3H3/p+1. The summed E-state index contributed by atoms with van der Waals surface area (Å²) in [6.07, 6.45) is 0. The second kappa shape index (κ2) is 6.25. The molecule has 0 radical (unpaired) electrons. The fourth-order valence-corrected chi connectivity index (χ4v) is 3.64. The zero-order valence-corrected chi connectivity index (χ0v) is 15.1. The molecule has 1 N–H and O–H groups in total. The molecule has 0 amide bonds. The number of halogens is 1. The quantitative estimate of drug-likeness (QED) is 0.720. The molecule has 3 aromatic rings. The summed E-state index contributed by atoms with van der Waals surface area (Å²) >= 11 is 0. The minimum Gasteiger partial charge on any atom is -0.444 e. The number of benzene rings is 2. The van der Waals surface area contributed by atoms with E-state index in [2.05, 4.69) is 0 Å². The van der Waals surface area contributed by atoms with Crippen LogP contribution in [0, 0.1) is 26.6 Å². The lowest BCUT2D eigenvalue weighted by atomic mass is 9.99. The lowest BCUT2D eigenvalue weighted by molar-refractivity contribution is -0.945. The van der Waals surface area contributed by atoms with Crippen LogP contribution in [0.4, 0.5) is 4.39 Å². The highest BCUT2D eigenvalue weighted by molar-refractivity contribution is 5.86. The number of aryl methyl sites for hydroxylation is 2. The molecular weight excluding hydrogens is 333 g/mol. The van der Waals surface area contributed by atoms with Gasteiger partial charge in [-0.2, -0.15) is 0 Å². The van der Waals surface area contributed by atoms with Crippen LogP contribution in [0.5, 0.6) is 5.75 Å². The zero-order valence-electron chi connectivity index (χ0n) is 15.1. The van der Waals surface area contributed by atoms with Crippen molar-refractivity contribution < 1.29 is 18.4 Å². The second-order valence-electron chi connectivity index (χ2n) is 6.99. The van der Waals surface area contributed by atoms with Gasteiger partial charge in [0, 0.05) is 27.6 Å². The fourth-order valence-electron chi connectivity index (χ4n) is 3.64. The van der Waals surface area contributed by atoms with Crippen LogP contribution in [-0.4, -0.2) is 6.73 Å². The molecule has 5 heteroatoms. The Bertz CT molecular complexity index is 1070. The number of nitrogens with one attached hydrogen (secondary N) is 1. The molecule has 1 aliphatic rings. The van der Waals surface area contributed by atoms with Gasteiger partial charge in [-0.05, 0) is 38.5 Å². The lowest BCUT2D eigenvalue weighted by Gasteiger charge is -2.28. The Kier molecular flexibility index (Phi) is 4.04. The molecule has 1 aromatic heterocycles. The van der Waals surface area contributed by atoms with E-state index >= 15 is 0 Å². The zero-order chi connectivity index (χ0) is 18.4. The Morgan fingerprint density at radius 3 is 2.65 bits per heavy atom. The minimum atomic E-state index is -0.305. The molecule has 0 bridgehead atoms. The third-order valence-corrected chi connectivity index (χ3v) is 5.26. The van der Waals surface area contributed by atoms with Gasteiger partial charge in [0.2, 0.25) is 6.73 Å². The summed E-state index contributed by atoms with van der Waals surface area (Å²) in [7, 11) is 0. The lowest BCUT2D eigenvalue weighted by Crippen LogP contribution is -3.11. The van der Waals surface area contributed by atoms with Gasteiger partial charge >= 0.3 is 5.63 Å². The SMILES string of the molecule is Cc1c(C)c2cc3c(c(C)c2oc1=O)OC[NH+](Cc1ccccc1F)C3. The molecular formula is C21H21FNO3+. The van der Waals surface area contributed by atoms with E-state index in [-0.39, 0.29) is 11.4 Å². The fraction of sp³-hybridized carbons (Fsp3) is 0.286. The third-order valence-electron chi connectivity index (χ3n) is 5.26. The molecule has 2 heterocycles. The van der Waals surface area contributed by atoms with Crippen molar-refractivity contribution in [3.8, 4) is 5.75 Å². The van der Waals surface area contributed by atoms with E-state index in [1.165, 1.54) is 6.07 Å². The smallest absolute Gasteiger partial charge is 0.339 e. The number of hydrogen-bond acceptors (Lipinski definition) is 3. The first-order chi connectivity index (χ1) is 12.5. The molecule has 0 saturated carbocycles. The highest BCUT2D eigenvalue weighted by atomic mass is 19.1. The van der Waals surface area contributed by atoms with Gasteiger partial charge in [-0.1, -0.05) is 18.2 Å². The van der Waals surface area contributed by atoms with Crippen LogP contribution in [0.25, 0.3) is 11.0 Å². The van der Waals surface area contributed by atoms with Crippen LogP contribution in [0.2, 0.25) is 0 Å². The largest absolute Gasteiger partial charge is 0.444 e. The molecule has 0 saturated heterocycles. The molecule has 134 valence electrons. The van der Waals surface area contributed by atoms with Crippen molar-refractivity contribution in [2.45, 2.75) is 33.9 Å². The Labute approximate surface area is 150 Å². The highest BCUT2D eigenvalue weighted by Crippen LogP contribution is 2.33. The van der Waals surface area contributed by atoms with E-state index in [0.29, 0.717) is 30.0 Å². The molecule has 2 aromatic carbocycles. The monoisotopic (exact) mass is 354 g/mol. The van der Waals surface area contributed by atoms with Crippen LogP contribution in [0.3, 0.4) is 0 Å². The number of rotatable bonds is 2. The van der Waals surface area contributed by atoms with Gasteiger partial charge in [0.25, 0.3) is 0 Å². The average molecular weight is 354 g/mol. The van der Waals surface area contributed by atoms with Gasteiger partial charge < -0.3 is 9.15 Å². The van der Waals surface area contributed by atoms with E-state index in [9.17, 15) is 9.18 Å². The summed E-state index contributed by atoms with van der Waals surface area (Å²) in [5.74, 6) is 0.593. The maximum Gasteiger partial charge on any atom is 0.339 e. The average Bonchev–Trinajstić information content (AvgIpc) is 2.63. The van der Waals surface area contributed by atoms with Crippen LogP contribution in [0.15, 0.2) is 39.5 Å². The minimum absolute atomic E-state index is 0.186. The third kappa shape index (κ3) is 2.69. The molecule has 4 nitrogen and oxygen atoms in total. The predicted octanol–water partition coefficient (Wildman–Crippen LogP) is 2.79. The number of fused-ring (bicyclic) bond motifs is 2. The van der Waals surface area contributed by atoms with Gasteiger partial charge in [-0.25, -0.2) is 9.18 Å². The van der Waals surface area contributed by atoms with Gasteiger partial charge in [-0.3, -0.25) is 4.90 Å². The van der Waals surface area contributed by atoms with E-state index in [4.69, 9.17) is 9.15 Å². The van der Waals surface area contributed by atoms with E-state index < -0.39 is 0 Å². The van der Waals surface area contributed by atoms with Crippen LogP contribution in [0.1, 0.15) is 27.8 Å². The first-order valence-electron chi connectivity index (χ1n) is 8.72. The normalized spacial score (nSPS) is 16.4. The maximum absolute atomic E-state index is 14.0. The van der Waals surface area contributed by atoms with Crippen molar-refractivity contribution in [3.63, 3.8) is 0 Å². The first-order valence-corrected chi connectivity index (χ1v) is 8.72. The van der Waals surface area contributed by atoms with Crippen LogP contribution in [-0.2, 0) is 13.1 Å². The molecule has 0 aliphatic carbocycles. The summed E-state index contributed by atoms with van der Waals surface area (Å²) in [5.41, 5.74) is 4.44. The van der Waals surface area contributed by atoms with Gasteiger partial charge in [-0.15, -0.1) is 0 Å². The number of quaternary nitrogens is 1. The van der Waals surface area contributed by atoms with E-state index in [1.54, 1.807) is 13.0 Å². The van der Waals surface area contributed by atoms with E-state index in [0.717, 1.165) is 39.3 Å². The molecule has 26 heavy (non-hydrogen) atoms. The Hall–Kier alpha value is -2.66. The van der Waals surface area contributed by atoms with Gasteiger partial charge in [0.05, 0.1) is 0 Å². The molecule has 0 spiro atoms. The van der Waals surface area contributed by atoms with Crippen molar-refractivity contribution in [1.82, 2.24) is 0 Å². The number of hydrogen-bond donors (Lipinski definition) is 1. The Morgan fingerprint density at radius 1 is 1.12 bits per heavy atom. The van der Waals surface area contributed by atoms with Crippen molar-refractivity contribution in [3.05, 3.63) is 74.4 Å². The summed E-state index contributed by atoms with van der Waals surface area (Å²) in [4.78, 5) is 13.1. The predicted molar refractivity (Wildman–Crippen MR) is 97.0 cm³/mol. The Balaban J connectivity index is 1.74. The second-order valence-corrected chi connectivity index (χ2v) is 6.99. The molecule has 1 atom stereocenters. The first kappa shape index (κ1) is 16.8. The summed E-state index contributed by atoms with van der Waals surface area (Å²) in [6, 6.07) is 8.89.